The maximum Gasteiger partial charge on any atom is 0.322 e. The predicted molar refractivity (Wildman–Crippen MR) is 83.9 cm³/mol. The van der Waals surface area contributed by atoms with Crippen molar-refractivity contribution >= 4 is 11.9 Å². The summed E-state index contributed by atoms with van der Waals surface area (Å²) in [5.41, 5.74) is 0.282. The molecular weight excluding hydrogens is 268 g/mol. The van der Waals surface area contributed by atoms with Crippen molar-refractivity contribution < 1.29 is 4.74 Å². The lowest BCUT2D eigenvalue weighted by molar-refractivity contribution is 0.150. The number of anilines is 2. The van der Waals surface area contributed by atoms with E-state index in [1.165, 1.54) is 12.8 Å². The van der Waals surface area contributed by atoms with Gasteiger partial charge in [0.05, 0.1) is 7.11 Å². The molecule has 1 fully saturated rings. The Morgan fingerprint density at radius 2 is 1.76 bits per heavy atom. The van der Waals surface area contributed by atoms with E-state index in [1.54, 1.807) is 7.11 Å². The van der Waals surface area contributed by atoms with Gasteiger partial charge in [-0.25, -0.2) is 0 Å². The van der Waals surface area contributed by atoms with Gasteiger partial charge in [0.1, 0.15) is 0 Å². The first kappa shape index (κ1) is 15.8. The molecule has 0 bridgehead atoms. The molecule has 0 amide bonds. The molecule has 118 valence electrons. The third kappa shape index (κ3) is 4.42. The second-order valence-electron chi connectivity index (χ2n) is 5.97. The van der Waals surface area contributed by atoms with Gasteiger partial charge in [-0.15, -0.1) is 0 Å². The van der Waals surface area contributed by atoms with Gasteiger partial charge in [0.25, 0.3) is 0 Å². The van der Waals surface area contributed by atoms with E-state index in [0.29, 0.717) is 17.9 Å². The lowest BCUT2D eigenvalue weighted by Crippen LogP contribution is -2.40. The molecule has 0 saturated carbocycles. The third-order valence-electron chi connectivity index (χ3n) is 4.00. The fourth-order valence-electron chi connectivity index (χ4n) is 2.39. The second-order valence-corrected chi connectivity index (χ2v) is 5.97. The summed E-state index contributed by atoms with van der Waals surface area (Å²) in [4.78, 5) is 15.2. The average Bonchev–Trinajstić information content (AvgIpc) is 2.49. The van der Waals surface area contributed by atoms with Crippen LogP contribution in [-0.4, -0.2) is 60.2 Å². The molecule has 2 rings (SSSR count). The predicted octanol–water partition coefficient (Wildman–Crippen LogP) is 1.46. The molecule has 0 spiro atoms. The number of rotatable bonds is 6. The van der Waals surface area contributed by atoms with Gasteiger partial charge in [0.2, 0.25) is 11.9 Å². The number of ether oxygens (including phenoxy) is 1. The zero-order chi connectivity index (χ0) is 15.3. The summed E-state index contributed by atoms with van der Waals surface area (Å²) >= 11 is 0. The van der Waals surface area contributed by atoms with E-state index < -0.39 is 0 Å². The van der Waals surface area contributed by atoms with Gasteiger partial charge >= 0.3 is 6.01 Å². The first-order chi connectivity index (χ1) is 10.0. The molecule has 0 radical (unpaired) electrons. The minimum Gasteiger partial charge on any atom is -0.467 e. The Labute approximate surface area is 126 Å². The van der Waals surface area contributed by atoms with Crippen LogP contribution in [0.2, 0.25) is 0 Å². The van der Waals surface area contributed by atoms with Crippen molar-refractivity contribution in [2.75, 3.05) is 51.0 Å². The Morgan fingerprint density at radius 3 is 2.33 bits per heavy atom. The molecule has 1 aromatic heterocycles. The molecule has 0 atom stereocenters. The summed E-state index contributed by atoms with van der Waals surface area (Å²) < 4.78 is 5.12. The van der Waals surface area contributed by atoms with Crippen LogP contribution in [0.15, 0.2) is 0 Å². The van der Waals surface area contributed by atoms with Gasteiger partial charge in [-0.05, 0) is 45.3 Å². The molecular formula is C14H26N6O. The molecule has 0 aromatic carbocycles. The van der Waals surface area contributed by atoms with Crippen LogP contribution in [0.1, 0.15) is 26.7 Å². The van der Waals surface area contributed by atoms with Crippen molar-refractivity contribution in [3.05, 3.63) is 0 Å². The van der Waals surface area contributed by atoms with Crippen molar-refractivity contribution in [1.82, 2.24) is 19.9 Å². The molecule has 1 saturated heterocycles. The minimum absolute atomic E-state index is 0.282. The summed E-state index contributed by atoms with van der Waals surface area (Å²) in [6.07, 6.45) is 2.36. The van der Waals surface area contributed by atoms with Crippen molar-refractivity contribution in [2.45, 2.75) is 26.7 Å². The zero-order valence-corrected chi connectivity index (χ0v) is 13.4. The lowest BCUT2D eigenvalue weighted by Gasteiger charge is -2.37. The van der Waals surface area contributed by atoms with Crippen LogP contribution in [0.5, 0.6) is 6.01 Å². The normalized spacial score (nSPS) is 18.3. The Bertz CT molecular complexity index is 459. The highest BCUT2D eigenvalue weighted by Crippen LogP contribution is 2.30. The van der Waals surface area contributed by atoms with Crippen LogP contribution in [0.4, 0.5) is 11.9 Å². The largest absolute Gasteiger partial charge is 0.467 e. The lowest BCUT2D eigenvalue weighted by atomic mass is 9.80. The molecule has 0 unspecified atom stereocenters. The molecule has 7 nitrogen and oxygen atoms in total. The van der Waals surface area contributed by atoms with Gasteiger partial charge in [-0.1, -0.05) is 6.92 Å². The van der Waals surface area contributed by atoms with Crippen LogP contribution < -0.4 is 15.4 Å². The Balaban J connectivity index is 2.00. The van der Waals surface area contributed by atoms with Crippen LogP contribution in [0.3, 0.4) is 0 Å². The highest BCUT2D eigenvalue weighted by molar-refractivity contribution is 5.36. The molecule has 0 aliphatic carbocycles. The maximum absolute atomic E-state index is 5.12. The zero-order valence-electron chi connectivity index (χ0n) is 13.4. The molecule has 1 aliphatic heterocycles. The SMILES string of the molecule is CCNc1nc(NCC2(C)CCN(C)CC2)nc(OC)n1. The monoisotopic (exact) mass is 294 g/mol. The number of piperidine rings is 1. The molecule has 1 aromatic rings. The van der Waals surface area contributed by atoms with E-state index in [9.17, 15) is 0 Å². The van der Waals surface area contributed by atoms with E-state index in [2.05, 4.69) is 44.5 Å². The molecule has 1 aliphatic rings. The third-order valence-corrected chi connectivity index (χ3v) is 4.00. The molecule has 2 heterocycles. The van der Waals surface area contributed by atoms with Crippen molar-refractivity contribution in [3.8, 4) is 6.01 Å². The second kappa shape index (κ2) is 6.89. The summed E-state index contributed by atoms with van der Waals surface area (Å²) in [5, 5.41) is 6.43. The van der Waals surface area contributed by atoms with Gasteiger partial charge in [0, 0.05) is 13.1 Å². The number of methoxy groups -OCH3 is 1. The van der Waals surface area contributed by atoms with E-state index in [0.717, 1.165) is 26.2 Å². The number of hydrogen-bond donors (Lipinski definition) is 2. The van der Waals surface area contributed by atoms with Gasteiger partial charge < -0.3 is 20.3 Å². The van der Waals surface area contributed by atoms with E-state index in [1.807, 2.05) is 6.92 Å². The van der Waals surface area contributed by atoms with Crippen LogP contribution in [-0.2, 0) is 0 Å². The van der Waals surface area contributed by atoms with Crippen LogP contribution >= 0.6 is 0 Å². The van der Waals surface area contributed by atoms with Crippen LogP contribution in [0.25, 0.3) is 0 Å². The molecule has 21 heavy (non-hydrogen) atoms. The average molecular weight is 294 g/mol. The topological polar surface area (TPSA) is 75.2 Å². The van der Waals surface area contributed by atoms with Crippen molar-refractivity contribution in [3.63, 3.8) is 0 Å². The molecule has 7 heteroatoms. The van der Waals surface area contributed by atoms with Gasteiger partial charge in [-0.2, -0.15) is 15.0 Å². The standard InChI is InChI=1S/C14H26N6O/c1-5-15-11-17-12(19-13(18-11)21-4)16-10-14(2)6-8-20(3)9-7-14/h5-10H2,1-4H3,(H2,15,16,17,18,19). The fourth-order valence-corrected chi connectivity index (χ4v) is 2.39. The first-order valence-corrected chi connectivity index (χ1v) is 7.51. The minimum atomic E-state index is 0.282. The quantitative estimate of drug-likeness (QED) is 0.822. The Morgan fingerprint density at radius 1 is 1.14 bits per heavy atom. The number of hydrogen-bond acceptors (Lipinski definition) is 7. The van der Waals surface area contributed by atoms with Crippen molar-refractivity contribution in [2.24, 2.45) is 5.41 Å². The molecule has 2 N–H and O–H groups in total. The number of aromatic nitrogens is 3. The van der Waals surface area contributed by atoms with Crippen molar-refractivity contribution in [1.29, 1.82) is 0 Å². The number of nitrogens with one attached hydrogen (secondary N) is 2. The highest BCUT2D eigenvalue weighted by Gasteiger charge is 2.28. The van der Waals surface area contributed by atoms with E-state index >= 15 is 0 Å². The van der Waals surface area contributed by atoms with Gasteiger partial charge in [-0.3, -0.25) is 0 Å². The summed E-state index contributed by atoms with van der Waals surface area (Å²) in [5.74, 6) is 1.11. The summed E-state index contributed by atoms with van der Waals surface area (Å²) in [6.45, 7) is 8.22. The highest BCUT2D eigenvalue weighted by atomic mass is 16.5. The van der Waals surface area contributed by atoms with E-state index in [4.69, 9.17) is 4.74 Å². The fraction of sp³-hybridized carbons (Fsp3) is 0.786. The maximum atomic E-state index is 5.12. The van der Waals surface area contributed by atoms with E-state index in [-0.39, 0.29) is 5.41 Å². The number of likely N-dealkylation sites (tertiary alicyclic amines) is 1. The number of nitrogens with zero attached hydrogens (tertiary/aromatic N) is 4. The van der Waals surface area contributed by atoms with Gasteiger partial charge in [0.15, 0.2) is 0 Å². The summed E-state index contributed by atoms with van der Waals surface area (Å²) in [7, 11) is 3.74. The smallest absolute Gasteiger partial charge is 0.322 e. The Hall–Kier alpha value is -1.63. The van der Waals surface area contributed by atoms with Crippen LogP contribution in [0, 0.1) is 5.41 Å². The summed E-state index contributed by atoms with van der Waals surface area (Å²) in [6, 6.07) is 0.331. The Kier molecular flexibility index (Phi) is 5.17. The first-order valence-electron chi connectivity index (χ1n) is 7.51.